The number of nitrogens with zero attached hydrogens (tertiary/aromatic N) is 1. The van der Waals surface area contributed by atoms with E-state index < -0.39 is 0 Å². The van der Waals surface area contributed by atoms with Crippen LogP contribution in [0.4, 0.5) is 0 Å². The maximum atomic E-state index is 12.3. The highest BCUT2D eigenvalue weighted by molar-refractivity contribution is 7.16. The number of thiazole rings is 1. The van der Waals surface area contributed by atoms with Gasteiger partial charge in [-0.2, -0.15) is 0 Å². The van der Waals surface area contributed by atoms with Crippen molar-refractivity contribution in [3.8, 4) is 10.6 Å². The van der Waals surface area contributed by atoms with Crippen molar-refractivity contribution in [2.75, 3.05) is 13.2 Å². The topological polar surface area (TPSA) is 48.4 Å². The minimum absolute atomic E-state index is 0.193. The molecule has 0 spiro atoms. The van der Waals surface area contributed by atoms with Crippen LogP contribution in [0.1, 0.15) is 55.1 Å². The van der Waals surface area contributed by atoms with E-state index in [4.69, 9.17) is 9.47 Å². The molecule has 1 aromatic heterocycles. The third-order valence-electron chi connectivity index (χ3n) is 4.62. The Morgan fingerprint density at radius 2 is 1.92 bits per heavy atom. The molecule has 0 amide bonds. The van der Waals surface area contributed by atoms with E-state index in [0.717, 1.165) is 47.6 Å². The number of hydrogen-bond acceptors (Lipinski definition) is 5. The maximum Gasteiger partial charge on any atom is 0.174 e. The molecule has 1 aliphatic heterocycles. The van der Waals surface area contributed by atoms with Crippen LogP contribution >= 0.6 is 11.3 Å². The zero-order valence-corrected chi connectivity index (χ0v) is 15.5. The summed E-state index contributed by atoms with van der Waals surface area (Å²) in [5.74, 6) is -0.176. The Morgan fingerprint density at radius 3 is 2.64 bits per heavy atom. The number of ether oxygens (including phenoxy) is 2. The van der Waals surface area contributed by atoms with Gasteiger partial charge in [-0.05, 0) is 19.3 Å². The zero-order valence-electron chi connectivity index (χ0n) is 14.7. The standard InChI is InChI=1S/C20H25NO3S/c1-2-20(23-13-14-24-20)12-8-4-7-11-17(22)18-15-21-19(25-18)16-9-5-3-6-10-16/h3,5-6,9-10,15H,2,4,7-8,11-14H2,1H3. The van der Waals surface area contributed by atoms with E-state index in [-0.39, 0.29) is 11.6 Å². The Hall–Kier alpha value is -1.56. The first-order valence-electron chi connectivity index (χ1n) is 9.05. The molecule has 0 N–H and O–H groups in total. The van der Waals surface area contributed by atoms with Crippen molar-refractivity contribution in [2.24, 2.45) is 0 Å². The summed E-state index contributed by atoms with van der Waals surface area (Å²) in [6.45, 7) is 3.49. The van der Waals surface area contributed by atoms with Crippen LogP contribution in [0.15, 0.2) is 36.5 Å². The maximum absolute atomic E-state index is 12.3. The predicted molar refractivity (Wildman–Crippen MR) is 99.9 cm³/mol. The van der Waals surface area contributed by atoms with E-state index in [9.17, 15) is 4.79 Å². The summed E-state index contributed by atoms with van der Waals surface area (Å²) >= 11 is 1.48. The van der Waals surface area contributed by atoms with Crippen LogP contribution < -0.4 is 0 Å². The molecule has 25 heavy (non-hydrogen) atoms. The summed E-state index contributed by atoms with van der Waals surface area (Å²) in [6.07, 6.45) is 7.03. The molecule has 2 heterocycles. The molecular formula is C20H25NO3S. The first-order valence-corrected chi connectivity index (χ1v) is 9.86. The van der Waals surface area contributed by atoms with Crippen molar-refractivity contribution in [2.45, 2.75) is 51.2 Å². The van der Waals surface area contributed by atoms with Gasteiger partial charge in [-0.3, -0.25) is 4.79 Å². The fourth-order valence-corrected chi connectivity index (χ4v) is 4.01. The lowest BCUT2D eigenvalue weighted by atomic mass is 10.0. The molecule has 5 heteroatoms. The van der Waals surface area contributed by atoms with Crippen LogP contribution in [0.5, 0.6) is 0 Å². The molecule has 1 aromatic carbocycles. The molecule has 0 bridgehead atoms. The minimum atomic E-state index is -0.369. The van der Waals surface area contributed by atoms with Crippen molar-refractivity contribution in [3.05, 3.63) is 41.4 Å². The molecule has 0 atom stereocenters. The van der Waals surface area contributed by atoms with Gasteiger partial charge in [0, 0.05) is 24.6 Å². The second kappa shape index (κ2) is 8.70. The lowest BCUT2D eigenvalue weighted by Gasteiger charge is -2.25. The Bertz CT molecular complexity index is 677. The molecule has 1 saturated heterocycles. The SMILES string of the molecule is CCC1(CCCCCC(=O)c2cnc(-c3ccccc3)s2)OCCO1. The highest BCUT2D eigenvalue weighted by Crippen LogP contribution is 2.30. The van der Waals surface area contributed by atoms with Crippen LogP contribution in [-0.2, 0) is 9.47 Å². The first kappa shape index (κ1) is 18.2. The van der Waals surface area contributed by atoms with E-state index in [1.165, 1.54) is 11.3 Å². The lowest BCUT2D eigenvalue weighted by molar-refractivity contribution is -0.164. The molecule has 4 nitrogen and oxygen atoms in total. The van der Waals surface area contributed by atoms with E-state index in [1.807, 2.05) is 30.3 Å². The van der Waals surface area contributed by atoms with Gasteiger partial charge in [0.1, 0.15) is 5.01 Å². The van der Waals surface area contributed by atoms with Gasteiger partial charge in [-0.15, -0.1) is 11.3 Å². The molecule has 0 aliphatic carbocycles. The van der Waals surface area contributed by atoms with Gasteiger partial charge in [0.25, 0.3) is 0 Å². The normalized spacial score (nSPS) is 16.2. The van der Waals surface area contributed by atoms with Crippen LogP contribution in [0, 0.1) is 0 Å². The van der Waals surface area contributed by atoms with Crippen molar-refractivity contribution < 1.29 is 14.3 Å². The Kier molecular flexibility index (Phi) is 6.34. The average Bonchev–Trinajstić information content (AvgIpc) is 3.32. The van der Waals surface area contributed by atoms with Crippen molar-refractivity contribution in [1.29, 1.82) is 0 Å². The Labute approximate surface area is 153 Å². The second-order valence-electron chi connectivity index (χ2n) is 6.34. The summed E-state index contributed by atoms with van der Waals surface area (Å²) in [4.78, 5) is 17.5. The van der Waals surface area contributed by atoms with Crippen molar-refractivity contribution in [3.63, 3.8) is 0 Å². The molecule has 134 valence electrons. The average molecular weight is 359 g/mol. The largest absolute Gasteiger partial charge is 0.348 e. The highest BCUT2D eigenvalue weighted by atomic mass is 32.1. The van der Waals surface area contributed by atoms with Gasteiger partial charge in [0.05, 0.1) is 18.1 Å². The fourth-order valence-electron chi connectivity index (χ4n) is 3.12. The lowest BCUT2D eigenvalue weighted by Crippen LogP contribution is -2.28. The second-order valence-corrected chi connectivity index (χ2v) is 7.37. The number of aromatic nitrogens is 1. The number of benzene rings is 1. The first-order chi connectivity index (χ1) is 12.2. The number of carbonyl (C=O) groups excluding carboxylic acids is 1. The summed E-state index contributed by atoms with van der Waals surface area (Å²) in [7, 11) is 0. The number of hydrogen-bond donors (Lipinski definition) is 0. The predicted octanol–water partition coefficient (Wildman–Crippen LogP) is 5.10. The molecule has 3 rings (SSSR count). The van der Waals surface area contributed by atoms with Gasteiger partial charge >= 0.3 is 0 Å². The van der Waals surface area contributed by atoms with Crippen molar-refractivity contribution in [1.82, 2.24) is 4.98 Å². The number of ketones is 1. The van der Waals surface area contributed by atoms with Gasteiger partial charge in [0.15, 0.2) is 11.6 Å². The van der Waals surface area contributed by atoms with E-state index >= 15 is 0 Å². The van der Waals surface area contributed by atoms with Crippen molar-refractivity contribution >= 4 is 17.1 Å². The van der Waals surface area contributed by atoms with Crippen LogP contribution in [-0.4, -0.2) is 29.8 Å². The molecule has 0 radical (unpaired) electrons. The quantitative estimate of drug-likeness (QED) is 0.462. The van der Waals surface area contributed by atoms with Crippen LogP contribution in [0.25, 0.3) is 10.6 Å². The van der Waals surface area contributed by atoms with Gasteiger partial charge in [-0.1, -0.05) is 43.7 Å². The van der Waals surface area contributed by atoms with Crippen LogP contribution in [0.3, 0.4) is 0 Å². The number of Topliss-reactive ketones (excluding diaryl/α,β-unsaturated/α-hetero) is 1. The summed E-state index contributed by atoms with van der Waals surface area (Å²) < 4.78 is 11.5. The third kappa shape index (κ3) is 4.75. The highest BCUT2D eigenvalue weighted by Gasteiger charge is 2.33. The van der Waals surface area contributed by atoms with E-state index in [2.05, 4.69) is 11.9 Å². The third-order valence-corrected chi connectivity index (χ3v) is 5.70. The monoisotopic (exact) mass is 359 g/mol. The molecule has 0 unspecified atom stereocenters. The molecular weight excluding hydrogens is 334 g/mol. The molecule has 1 fully saturated rings. The Balaban J connectivity index is 1.42. The minimum Gasteiger partial charge on any atom is -0.348 e. The Morgan fingerprint density at radius 1 is 1.16 bits per heavy atom. The molecule has 2 aromatic rings. The molecule has 1 aliphatic rings. The molecule has 0 saturated carbocycles. The van der Waals surface area contributed by atoms with Gasteiger partial charge < -0.3 is 9.47 Å². The van der Waals surface area contributed by atoms with Gasteiger partial charge in [-0.25, -0.2) is 4.98 Å². The van der Waals surface area contributed by atoms with E-state index in [0.29, 0.717) is 19.6 Å². The number of unbranched alkanes of at least 4 members (excludes halogenated alkanes) is 2. The number of carbonyl (C=O) groups is 1. The fraction of sp³-hybridized carbons (Fsp3) is 0.500. The van der Waals surface area contributed by atoms with E-state index in [1.54, 1.807) is 6.20 Å². The van der Waals surface area contributed by atoms with Crippen LogP contribution in [0.2, 0.25) is 0 Å². The van der Waals surface area contributed by atoms with Gasteiger partial charge in [0.2, 0.25) is 0 Å². The number of rotatable bonds is 9. The summed E-state index contributed by atoms with van der Waals surface area (Å²) in [6, 6.07) is 9.99. The zero-order chi connectivity index (χ0) is 17.5. The summed E-state index contributed by atoms with van der Waals surface area (Å²) in [5, 5.41) is 0.907. The smallest absolute Gasteiger partial charge is 0.174 e. The summed E-state index contributed by atoms with van der Waals surface area (Å²) in [5.41, 5.74) is 1.06.